The zero-order valence-corrected chi connectivity index (χ0v) is 19.7. The van der Waals surface area contributed by atoms with Crippen molar-refractivity contribution < 1.29 is 9.53 Å². The fourth-order valence-corrected chi connectivity index (χ4v) is 5.42. The second-order valence-electron chi connectivity index (χ2n) is 9.85. The molecule has 2 aliphatic rings. The van der Waals surface area contributed by atoms with Crippen molar-refractivity contribution in [3.8, 4) is 0 Å². The molecule has 1 amide bonds. The summed E-state index contributed by atoms with van der Waals surface area (Å²) >= 11 is 0. The van der Waals surface area contributed by atoms with Gasteiger partial charge >= 0.3 is 0 Å². The number of ether oxygens (including phenoxy) is 1. The Labute approximate surface area is 193 Å². The molecular weight excluding hydrogens is 396 g/mol. The van der Waals surface area contributed by atoms with Crippen LogP contribution < -0.4 is 5.32 Å². The van der Waals surface area contributed by atoms with E-state index in [-0.39, 0.29) is 11.3 Å². The fraction of sp³-hybridized carbons (Fsp3) is 0.536. The number of nitrogens with one attached hydrogen (secondary N) is 1. The SMILES string of the molecule is Cc1ccccc1CCNC(=O)C1(Cc2cccc([C@@H]3CCCN(C)C3)c2)CCOCC1. The Balaban J connectivity index is 1.44. The molecular formula is C28H38N2O2. The van der Waals surface area contributed by atoms with Crippen LogP contribution in [-0.4, -0.2) is 50.7 Å². The minimum absolute atomic E-state index is 0.192. The highest BCUT2D eigenvalue weighted by atomic mass is 16.5. The molecule has 0 aliphatic carbocycles. The van der Waals surface area contributed by atoms with Crippen LogP contribution in [-0.2, 0) is 22.4 Å². The van der Waals surface area contributed by atoms with Gasteiger partial charge in [0.2, 0.25) is 5.91 Å². The van der Waals surface area contributed by atoms with Crippen LogP contribution in [0.25, 0.3) is 0 Å². The predicted molar refractivity (Wildman–Crippen MR) is 130 cm³/mol. The molecule has 0 spiro atoms. The van der Waals surface area contributed by atoms with Crippen LogP contribution >= 0.6 is 0 Å². The van der Waals surface area contributed by atoms with Crippen molar-refractivity contribution in [1.82, 2.24) is 10.2 Å². The summed E-state index contributed by atoms with van der Waals surface area (Å²) in [6.45, 7) is 6.47. The van der Waals surface area contributed by atoms with Gasteiger partial charge in [-0.15, -0.1) is 0 Å². The molecule has 4 rings (SSSR count). The van der Waals surface area contributed by atoms with Crippen LogP contribution in [0.3, 0.4) is 0 Å². The first kappa shape index (κ1) is 23.0. The lowest BCUT2D eigenvalue weighted by Crippen LogP contribution is -2.46. The number of rotatable bonds is 7. The Kier molecular flexibility index (Phi) is 7.64. The summed E-state index contributed by atoms with van der Waals surface area (Å²) in [5, 5.41) is 3.27. The molecule has 2 saturated heterocycles. The highest BCUT2D eigenvalue weighted by Crippen LogP contribution is 2.36. The highest BCUT2D eigenvalue weighted by molar-refractivity contribution is 5.83. The van der Waals surface area contributed by atoms with Crippen LogP contribution in [0.2, 0.25) is 0 Å². The van der Waals surface area contributed by atoms with Gasteiger partial charge in [0, 0.05) is 26.3 Å². The summed E-state index contributed by atoms with van der Waals surface area (Å²) in [5.74, 6) is 0.791. The van der Waals surface area contributed by atoms with Gasteiger partial charge in [-0.2, -0.15) is 0 Å². The lowest BCUT2D eigenvalue weighted by atomic mass is 9.74. The second kappa shape index (κ2) is 10.6. The third kappa shape index (κ3) is 5.60. The Hall–Kier alpha value is -2.17. The van der Waals surface area contributed by atoms with Gasteiger partial charge in [-0.3, -0.25) is 4.79 Å². The van der Waals surface area contributed by atoms with Crippen molar-refractivity contribution in [2.75, 3.05) is 39.9 Å². The highest BCUT2D eigenvalue weighted by Gasteiger charge is 2.40. The van der Waals surface area contributed by atoms with Crippen LogP contribution in [0.15, 0.2) is 48.5 Å². The monoisotopic (exact) mass is 434 g/mol. The Bertz CT molecular complexity index is 904. The van der Waals surface area contributed by atoms with E-state index >= 15 is 0 Å². The van der Waals surface area contributed by atoms with Gasteiger partial charge in [-0.1, -0.05) is 48.5 Å². The quantitative estimate of drug-likeness (QED) is 0.698. The van der Waals surface area contributed by atoms with E-state index in [1.807, 2.05) is 0 Å². The first-order valence-electron chi connectivity index (χ1n) is 12.2. The van der Waals surface area contributed by atoms with Crippen LogP contribution in [0.1, 0.15) is 53.9 Å². The van der Waals surface area contributed by atoms with Crippen LogP contribution in [0.5, 0.6) is 0 Å². The number of carbonyl (C=O) groups excluding carboxylic acids is 1. The molecule has 2 aliphatic heterocycles. The van der Waals surface area contributed by atoms with Crippen molar-refractivity contribution in [2.45, 2.75) is 51.4 Å². The summed E-state index contributed by atoms with van der Waals surface area (Å²) < 4.78 is 5.65. The number of hydrogen-bond acceptors (Lipinski definition) is 3. The molecule has 0 saturated carbocycles. The van der Waals surface area contributed by atoms with Gasteiger partial charge in [0.1, 0.15) is 0 Å². The Morgan fingerprint density at radius 1 is 1.16 bits per heavy atom. The van der Waals surface area contributed by atoms with Crippen molar-refractivity contribution in [1.29, 1.82) is 0 Å². The zero-order chi connectivity index (χ0) is 22.4. The smallest absolute Gasteiger partial charge is 0.226 e. The molecule has 1 atom stereocenters. The summed E-state index contributed by atoms with van der Waals surface area (Å²) in [6.07, 6.45) is 5.76. The molecule has 2 aromatic rings. The van der Waals surface area contributed by atoms with E-state index in [2.05, 4.69) is 72.7 Å². The molecule has 0 bridgehead atoms. The number of piperidine rings is 1. The first-order valence-corrected chi connectivity index (χ1v) is 12.2. The van der Waals surface area contributed by atoms with Gasteiger partial charge in [0.05, 0.1) is 5.41 Å². The predicted octanol–water partition coefficient (Wildman–Crippen LogP) is 4.50. The van der Waals surface area contributed by atoms with E-state index in [1.54, 1.807) is 0 Å². The molecule has 2 heterocycles. The number of likely N-dealkylation sites (tertiary alicyclic amines) is 1. The second-order valence-corrected chi connectivity index (χ2v) is 9.85. The first-order chi connectivity index (χ1) is 15.6. The van der Waals surface area contributed by atoms with Gasteiger partial charge in [0.15, 0.2) is 0 Å². The maximum Gasteiger partial charge on any atom is 0.226 e. The molecule has 2 aromatic carbocycles. The van der Waals surface area contributed by atoms with E-state index in [0.29, 0.717) is 25.7 Å². The van der Waals surface area contributed by atoms with E-state index in [4.69, 9.17) is 4.74 Å². The van der Waals surface area contributed by atoms with E-state index in [9.17, 15) is 4.79 Å². The van der Waals surface area contributed by atoms with Gasteiger partial charge in [-0.25, -0.2) is 0 Å². The largest absolute Gasteiger partial charge is 0.381 e. The summed E-state index contributed by atoms with van der Waals surface area (Å²) in [5.41, 5.74) is 4.93. The summed E-state index contributed by atoms with van der Waals surface area (Å²) in [4.78, 5) is 15.9. The van der Waals surface area contributed by atoms with Crippen molar-refractivity contribution in [2.24, 2.45) is 5.41 Å². The third-order valence-electron chi connectivity index (χ3n) is 7.46. The lowest BCUT2D eigenvalue weighted by molar-refractivity contribution is -0.136. The number of likely N-dealkylation sites (N-methyl/N-ethyl adjacent to an activating group) is 1. The number of aryl methyl sites for hydroxylation is 1. The van der Waals surface area contributed by atoms with Crippen molar-refractivity contribution >= 4 is 5.91 Å². The molecule has 2 fully saturated rings. The van der Waals surface area contributed by atoms with E-state index in [0.717, 1.165) is 32.2 Å². The fourth-order valence-electron chi connectivity index (χ4n) is 5.42. The van der Waals surface area contributed by atoms with E-state index in [1.165, 1.54) is 41.6 Å². The summed E-state index contributed by atoms with van der Waals surface area (Å²) in [6, 6.07) is 17.4. The lowest BCUT2D eigenvalue weighted by Gasteiger charge is -2.36. The molecule has 4 nitrogen and oxygen atoms in total. The maximum atomic E-state index is 13.5. The normalized spacial score (nSPS) is 21.2. The van der Waals surface area contributed by atoms with Crippen molar-refractivity contribution in [3.63, 3.8) is 0 Å². The molecule has 0 aromatic heterocycles. The minimum Gasteiger partial charge on any atom is -0.381 e. The minimum atomic E-state index is -0.369. The molecule has 1 N–H and O–H groups in total. The molecule has 4 heteroatoms. The number of hydrogen-bond donors (Lipinski definition) is 1. The molecule has 32 heavy (non-hydrogen) atoms. The Morgan fingerprint density at radius 2 is 1.97 bits per heavy atom. The van der Waals surface area contributed by atoms with Gasteiger partial charge in [-0.05, 0) is 87.2 Å². The zero-order valence-electron chi connectivity index (χ0n) is 19.7. The van der Waals surface area contributed by atoms with E-state index < -0.39 is 0 Å². The molecule has 0 unspecified atom stereocenters. The standard InChI is InChI=1S/C28H38N2O2/c1-22-7-3-4-9-24(22)12-15-29-27(31)28(13-17-32-18-14-28)20-23-8-5-10-25(19-23)26-11-6-16-30(2)21-26/h3-5,7-10,19,26H,6,11-18,20-21H2,1-2H3,(H,29,31)/t26-/m1/s1. The van der Waals surface area contributed by atoms with Gasteiger partial charge < -0.3 is 15.0 Å². The van der Waals surface area contributed by atoms with Crippen molar-refractivity contribution in [3.05, 3.63) is 70.8 Å². The number of nitrogens with zero attached hydrogens (tertiary/aromatic N) is 1. The number of carbonyl (C=O) groups is 1. The number of amides is 1. The maximum absolute atomic E-state index is 13.5. The topological polar surface area (TPSA) is 41.6 Å². The average Bonchev–Trinajstić information content (AvgIpc) is 2.81. The molecule has 0 radical (unpaired) electrons. The van der Waals surface area contributed by atoms with Crippen LogP contribution in [0.4, 0.5) is 0 Å². The summed E-state index contributed by atoms with van der Waals surface area (Å²) in [7, 11) is 2.22. The number of benzene rings is 2. The molecule has 172 valence electrons. The Morgan fingerprint density at radius 3 is 2.75 bits per heavy atom. The van der Waals surface area contributed by atoms with Gasteiger partial charge in [0.25, 0.3) is 0 Å². The van der Waals surface area contributed by atoms with Crippen LogP contribution in [0, 0.1) is 12.3 Å². The third-order valence-corrected chi connectivity index (χ3v) is 7.46. The average molecular weight is 435 g/mol.